The van der Waals surface area contributed by atoms with Crippen LogP contribution >= 0.6 is 38.5 Å². The Morgan fingerprint density at radius 3 is 2.53 bits per heavy atom. The minimum atomic E-state index is -2.62. The average molecular weight is 389 g/mol. The van der Waals surface area contributed by atoms with Crippen LogP contribution in [0.25, 0.3) is 0 Å². The molecule has 0 aliphatic carbocycles. The van der Waals surface area contributed by atoms with E-state index in [1.165, 1.54) is 6.07 Å². The third kappa shape index (κ3) is 2.96. The van der Waals surface area contributed by atoms with E-state index in [9.17, 15) is 13.6 Å². The molecule has 0 fully saturated rings. The third-order valence-corrected chi connectivity index (χ3v) is 3.25. The van der Waals surface area contributed by atoms with Gasteiger partial charge in [-0.3, -0.25) is 4.79 Å². The molecule has 1 aromatic rings. The summed E-state index contributed by atoms with van der Waals surface area (Å²) in [6, 6.07) is 4.61. The number of carbonyl (C=O) groups is 1. The van der Waals surface area contributed by atoms with Crippen LogP contribution in [-0.2, 0) is 0 Å². The van der Waals surface area contributed by atoms with Gasteiger partial charge in [-0.1, -0.05) is 28.1 Å². The van der Waals surface area contributed by atoms with Gasteiger partial charge in [-0.2, -0.15) is 0 Å². The van der Waals surface area contributed by atoms with Crippen LogP contribution in [0.1, 0.15) is 29.3 Å². The fourth-order valence-electron chi connectivity index (χ4n) is 1.19. The number of hydrogen-bond acceptors (Lipinski definition) is 1. The summed E-state index contributed by atoms with van der Waals surface area (Å²) < 4.78 is 25.9. The monoisotopic (exact) mass is 388 g/mol. The Kier molecular flexibility index (Phi) is 4.64. The van der Waals surface area contributed by atoms with E-state index in [1.807, 2.05) is 22.6 Å². The van der Waals surface area contributed by atoms with Crippen molar-refractivity contribution in [1.29, 1.82) is 0 Å². The van der Waals surface area contributed by atoms with Crippen LogP contribution in [0, 0.1) is 3.57 Å². The second kappa shape index (κ2) is 5.34. The first-order valence-electron chi connectivity index (χ1n) is 4.20. The highest BCUT2D eigenvalue weighted by Gasteiger charge is 2.22. The first-order valence-corrected chi connectivity index (χ1v) is 6.19. The molecule has 0 spiro atoms. The molecule has 1 nitrogen and oxygen atoms in total. The van der Waals surface area contributed by atoms with Gasteiger partial charge < -0.3 is 0 Å². The van der Waals surface area contributed by atoms with E-state index in [-0.39, 0.29) is 16.9 Å². The van der Waals surface area contributed by atoms with Crippen LogP contribution in [0.5, 0.6) is 0 Å². The number of hydrogen-bond donors (Lipinski definition) is 0. The summed E-state index contributed by atoms with van der Waals surface area (Å²) in [6.07, 6.45) is -2.62. The molecule has 0 N–H and O–H groups in total. The maximum Gasteiger partial charge on any atom is 0.265 e. The smallest absolute Gasteiger partial charge is 0.265 e. The van der Waals surface area contributed by atoms with Crippen molar-refractivity contribution in [2.75, 3.05) is 0 Å². The molecule has 82 valence electrons. The van der Waals surface area contributed by atoms with Crippen molar-refractivity contribution in [1.82, 2.24) is 0 Å². The number of carbonyl (C=O) groups excluding carboxylic acids is 1. The molecule has 0 amide bonds. The van der Waals surface area contributed by atoms with E-state index in [4.69, 9.17) is 0 Å². The van der Waals surface area contributed by atoms with E-state index >= 15 is 0 Å². The van der Waals surface area contributed by atoms with Crippen molar-refractivity contribution in [3.63, 3.8) is 0 Å². The lowest BCUT2D eigenvalue weighted by Crippen LogP contribution is -2.13. The average Bonchev–Trinajstić information content (AvgIpc) is 2.15. The fraction of sp³-hybridized carbons (Fsp3) is 0.300. The molecule has 1 aromatic carbocycles. The minimum absolute atomic E-state index is 0.0984. The molecule has 1 unspecified atom stereocenters. The molecule has 0 saturated heterocycles. The van der Waals surface area contributed by atoms with Crippen molar-refractivity contribution in [2.45, 2.75) is 18.2 Å². The van der Waals surface area contributed by atoms with Crippen molar-refractivity contribution >= 4 is 44.3 Å². The van der Waals surface area contributed by atoms with Crippen LogP contribution < -0.4 is 0 Å². The summed E-state index contributed by atoms with van der Waals surface area (Å²) in [6.45, 7) is 1.62. The molecule has 0 saturated carbocycles. The molecular weight excluding hydrogens is 381 g/mol. The van der Waals surface area contributed by atoms with Crippen LogP contribution in [-0.4, -0.2) is 10.6 Å². The zero-order chi connectivity index (χ0) is 11.6. The van der Waals surface area contributed by atoms with Gasteiger partial charge in [0.2, 0.25) is 0 Å². The second-order valence-corrected chi connectivity index (χ2v) is 5.52. The van der Waals surface area contributed by atoms with Crippen LogP contribution in [0.4, 0.5) is 8.78 Å². The number of rotatable bonds is 3. The quantitative estimate of drug-likeness (QED) is 0.431. The minimum Gasteiger partial charge on any atom is -0.293 e. The van der Waals surface area contributed by atoms with Gasteiger partial charge in [-0.25, -0.2) is 8.78 Å². The highest BCUT2D eigenvalue weighted by molar-refractivity contribution is 14.1. The van der Waals surface area contributed by atoms with Crippen molar-refractivity contribution in [3.8, 4) is 0 Å². The topological polar surface area (TPSA) is 17.1 Å². The molecule has 1 rings (SSSR count). The van der Waals surface area contributed by atoms with Gasteiger partial charge in [0.1, 0.15) is 0 Å². The third-order valence-electron chi connectivity index (χ3n) is 1.90. The van der Waals surface area contributed by atoms with E-state index in [1.54, 1.807) is 19.1 Å². The predicted molar refractivity (Wildman–Crippen MR) is 66.8 cm³/mol. The lowest BCUT2D eigenvalue weighted by atomic mass is 10.0. The second-order valence-electron chi connectivity index (χ2n) is 2.98. The van der Waals surface area contributed by atoms with Crippen LogP contribution in [0.3, 0.4) is 0 Å². The molecule has 0 bridgehead atoms. The van der Waals surface area contributed by atoms with Crippen molar-refractivity contribution in [2.24, 2.45) is 0 Å². The van der Waals surface area contributed by atoms with E-state index < -0.39 is 11.3 Å². The van der Waals surface area contributed by atoms with Crippen LogP contribution in [0.15, 0.2) is 18.2 Å². The molecule has 0 aromatic heterocycles. The van der Waals surface area contributed by atoms with E-state index in [2.05, 4.69) is 15.9 Å². The summed E-state index contributed by atoms with van der Waals surface area (Å²) in [5.74, 6) is -0.316. The number of ketones is 1. The largest absolute Gasteiger partial charge is 0.293 e. The molecular formula is C10H8BrF2IO. The molecule has 0 aliphatic heterocycles. The lowest BCUT2D eigenvalue weighted by Gasteiger charge is -2.10. The van der Waals surface area contributed by atoms with Gasteiger partial charge in [0.15, 0.2) is 5.78 Å². The first-order chi connectivity index (χ1) is 6.95. The van der Waals surface area contributed by atoms with Crippen LogP contribution in [0.2, 0.25) is 0 Å². The normalized spacial score (nSPS) is 12.9. The predicted octanol–water partition coefficient (Wildman–Crippen LogP) is 4.19. The zero-order valence-corrected chi connectivity index (χ0v) is 11.6. The standard InChI is InChI=1S/C10H8BrF2IO/c1-5(11)9(15)6-3-2-4-7(14)8(6)10(12)13/h2-5,10H,1H3. The number of benzene rings is 1. The summed E-state index contributed by atoms with van der Waals surface area (Å²) >= 11 is 4.90. The Morgan fingerprint density at radius 1 is 1.47 bits per heavy atom. The number of alkyl halides is 3. The van der Waals surface area contributed by atoms with Crippen molar-refractivity contribution < 1.29 is 13.6 Å². The Labute approximate surface area is 109 Å². The summed E-state index contributed by atoms with van der Waals surface area (Å²) in [5.41, 5.74) is -0.0734. The summed E-state index contributed by atoms with van der Waals surface area (Å²) in [4.78, 5) is 11.2. The molecule has 1 atom stereocenters. The van der Waals surface area contributed by atoms with Gasteiger partial charge in [-0.15, -0.1) is 0 Å². The van der Waals surface area contributed by atoms with Crippen molar-refractivity contribution in [3.05, 3.63) is 32.9 Å². The van der Waals surface area contributed by atoms with Gasteiger partial charge in [-0.05, 0) is 35.6 Å². The maximum atomic E-state index is 12.7. The van der Waals surface area contributed by atoms with Gasteiger partial charge >= 0.3 is 0 Å². The fourth-order valence-corrected chi connectivity index (χ4v) is 2.17. The lowest BCUT2D eigenvalue weighted by molar-refractivity contribution is 0.0981. The summed E-state index contributed by atoms with van der Waals surface area (Å²) in [7, 11) is 0. The number of Topliss-reactive ketones (excluding diaryl/α,β-unsaturated/α-hetero) is 1. The van der Waals surface area contributed by atoms with Gasteiger partial charge in [0.05, 0.1) is 4.83 Å². The summed E-state index contributed by atoms with van der Waals surface area (Å²) in [5, 5.41) is 0. The molecule has 0 radical (unpaired) electrons. The first kappa shape index (κ1) is 13.0. The Morgan fingerprint density at radius 2 is 2.07 bits per heavy atom. The van der Waals surface area contributed by atoms with E-state index in [0.717, 1.165) is 0 Å². The molecule has 0 aliphatic rings. The number of halogens is 4. The van der Waals surface area contributed by atoms with Gasteiger partial charge in [0.25, 0.3) is 6.43 Å². The zero-order valence-electron chi connectivity index (χ0n) is 7.81. The van der Waals surface area contributed by atoms with E-state index in [0.29, 0.717) is 3.57 Å². The highest BCUT2D eigenvalue weighted by Crippen LogP contribution is 2.29. The Hall–Kier alpha value is -0.0400. The maximum absolute atomic E-state index is 12.7. The highest BCUT2D eigenvalue weighted by atomic mass is 127. The molecule has 0 heterocycles. The Bertz CT molecular complexity index is 380. The van der Waals surface area contributed by atoms with Gasteiger partial charge in [0, 0.05) is 14.7 Å². The Balaban J connectivity index is 3.29. The molecule has 15 heavy (non-hydrogen) atoms. The SMILES string of the molecule is CC(Br)C(=O)c1cccc(I)c1C(F)F. The molecule has 5 heteroatoms.